The lowest BCUT2D eigenvalue weighted by Crippen LogP contribution is -2.31. The zero-order valence-corrected chi connectivity index (χ0v) is 13.7. The number of hydrogen-bond acceptors (Lipinski definition) is 2. The molecule has 0 aromatic heterocycles. The Bertz CT molecular complexity index is 459. The number of nitrogens with two attached hydrogens (primary N) is 1. The molecule has 1 amide bonds. The number of amides is 1. The summed E-state index contributed by atoms with van der Waals surface area (Å²) in [6.45, 7) is 4.03. The van der Waals surface area contributed by atoms with Crippen LogP contribution in [0.3, 0.4) is 0 Å². The highest BCUT2D eigenvalue weighted by atomic mass is 35.5. The van der Waals surface area contributed by atoms with E-state index in [9.17, 15) is 9.18 Å². The number of nitrogens with zero attached hydrogens (tertiary/aromatic N) is 1. The van der Waals surface area contributed by atoms with Crippen LogP contribution in [0.25, 0.3) is 0 Å². The lowest BCUT2D eigenvalue weighted by Gasteiger charge is -2.22. The summed E-state index contributed by atoms with van der Waals surface area (Å²) in [4.78, 5) is 13.8. The molecule has 0 aliphatic rings. The lowest BCUT2D eigenvalue weighted by atomic mass is 10.0. The molecule has 0 saturated carbocycles. The predicted molar refractivity (Wildman–Crippen MR) is 84.5 cm³/mol. The molecule has 0 fully saturated rings. The molecule has 2 unspecified atom stereocenters. The Hall–Kier alpha value is -1.13. The van der Waals surface area contributed by atoms with Crippen LogP contribution in [0.4, 0.5) is 4.39 Å². The fourth-order valence-corrected chi connectivity index (χ4v) is 2.47. The number of hydrogen-bond donors (Lipinski definition) is 1. The monoisotopic (exact) mass is 314 g/mol. The van der Waals surface area contributed by atoms with E-state index in [4.69, 9.17) is 17.3 Å². The second kappa shape index (κ2) is 8.35. The quantitative estimate of drug-likeness (QED) is 0.836. The highest BCUT2D eigenvalue weighted by Gasteiger charge is 2.19. The zero-order chi connectivity index (χ0) is 16.0. The maximum atomic E-state index is 13.7. The Morgan fingerprint density at radius 2 is 2.05 bits per heavy atom. The van der Waals surface area contributed by atoms with E-state index in [-0.39, 0.29) is 30.2 Å². The molecule has 3 nitrogen and oxygen atoms in total. The van der Waals surface area contributed by atoms with Crippen LogP contribution in [0.2, 0.25) is 5.02 Å². The van der Waals surface area contributed by atoms with Gasteiger partial charge in [0.25, 0.3) is 0 Å². The van der Waals surface area contributed by atoms with Crippen LogP contribution in [-0.2, 0) is 11.3 Å². The van der Waals surface area contributed by atoms with Gasteiger partial charge < -0.3 is 10.6 Å². The van der Waals surface area contributed by atoms with Crippen LogP contribution in [0.15, 0.2) is 18.2 Å². The summed E-state index contributed by atoms with van der Waals surface area (Å²) < 4.78 is 13.7. The Labute approximate surface area is 131 Å². The molecule has 2 atom stereocenters. The molecule has 0 heterocycles. The van der Waals surface area contributed by atoms with Crippen LogP contribution in [0.5, 0.6) is 0 Å². The first kappa shape index (κ1) is 17.9. The van der Waals surface area contributed by atoms with Gasteiger partial charge in [-0.3, -0.25) is 4.79 Å². The summed E-state index contributed by atoms with van der Waals surface area (Å²) in [5, 5.41) is 0.347. The highest BCUT2D eigenvalue weighted by Crippen LogP contribution is 2.21. The van der Waals surface area contributed by atoms with Gasteiger partial charge in [-0.05, 0) is 31.9 Å². The third-order valence-electron chi connectivity index (χ3n) is 3.55. The van der Waals surface area contributed by atoms with Gasteiger partial charge in [-0.25, -0.2) is 4.39 Å². The Morgan fingerprint density at radius 1 is 1.38 bits per heavy atom. The number of benzene rings is 1. The minimum Gasteiger partial charge on any atom is -0.341 e. The zero-order valence-electron chi connectivity index (χ0n) is 12.9. The molecule has 0 aliphatic heterocycles. The Morgan fingerprint density at radius 3 is 2.62 bits per heavy atom. The second-order valence-corrected chi connectivity index (χ2v) is 6.11. The van der Waals surface area contributed by atoms with E-state index in [0.29, 0.717) is 10.6 Å². The van der Waals surface area contributed by atoms with Gasteiger partial charge in [0.15, 0.2) is 0 Å². The molecular weight excluding hydrogens is 291 g/mol. The van der Waals surface area contributed by atoms with Crippen molar-refractivity contribution in [3.8, 4) is 0 Å². The van der Waals surface area contributed by atoms with Gasteiger partial charge in [-0.2, -0.15) is 0 Å². The fourth-order valence-electron chi connectivity index (χ4n) is 2.24. The normalized spacial score (nSPS) is 13.8. The Balaban J connectivity index is 2.58. The highest BCUT2D eigenvalue weighted by molar-refractivity contribution is 6.31. The SMILES string of the molecule is CC(N)CCCC(C)C(=O)N(C)Cc1c(F)cccc1Cl. The van der Waals surface area contributed by atoms with Crippen molar-refractivity contribution in [1.82, 2.24) is 4.90 Å². The molecule has 0 saturated heterocycles. The predicted octanol–water partition coefficient (Wildman–Crippen LogP) is 3.59. The standard InChI is InChI=1S/C16H24ClFN2O/c1-11(6-4-7-12(2)19)16(21)20(3)10-13-14(17)8-5-9-15(13)18/h5,8-9,11-12H,4,6-7,10,19H2,1-3H3. The molecule has 0 bridgehead atoms. The third-order valence-corrected chi connectivity index (χ3v) is 3.91. The molecular formula is C16H24ClFN2O. The maximum Gasteiger partial charge on any atom is 0.225 e. The van der Waals surface area contributed by atoms with Crippen molar-refractivity contribution in [2.75, 3.05) is 7.05 Å². The van der Waals surface area contributed by atoms with Gasteiger partial charge in [-0.1, -0.05) is 31.0 Å². The van der Waals surface area contributed by atoms with E-state index < -0.39 is 0 Å². The van der Waals surface area contributed by atoms with Gasteiger partial charge in [-0.15, -0.1) is 0 Å². The van der Waals surface area contributed by atoms with E-state index >= 15 is 0 Å². The molecule has 0 radical (unpaired) electrons. The lowest BCUT2D eigenvalue weighted by molar-refractivity contribution is -0.134. The number of carbonyl (C=O) groups is 1. The van der Waals surface area contributed by atoms with Crippen LogP contribution in [0, 0.1) is 11.7 Å². The third kappa shape index (κ3) is 5.64. The van der Waals surface area contributed by atoms with Crippen molar-refractivity contribution in [1.29, 1.82) is 0 Å². The van der Waals surface area contributed by atoms with Crippen molar-refractivity contribution >= 4 is 17.5 Å². The second-order valence-electron chi connectivity index (χ2n) is 5.70. The van der Waals surface area contributed by atoms with Gasteiger partial charge in [0.05, 0.1) is 0 Å². The van der Waals surface area contributed by atoms with Crippen LogP contribution < -0.4 is 5.73 Å². The average Bonchev–Trinajstić information content (AvgIpc) is 2.41. The molecule has 5 heteroatoms. The van der Waals surface area contributed by atoms with Crippen LogP contribution in [-0.4, -0.2) is 23.9 Å². The number of carbonyl (C=O) groups excluding carboxylic acids is 1. The van der Waals surface area contributed by atoms with Crippen molar-refractivity contribution in [2.45, 2.75) is 45.7 Å². The fraction of sp³-hybridized carbons (Fsp3) is 0.562. The summed E-state index contributed by atoms with van der Waals surface area (Å²) in [6, 6.07) is 4.69. The van der Waals surface area contributed by atoms with Crippen LogP contribution >= 0.6 is 11.6 Å². The van der Waals surface area contributed by atoms with Gasteiger partial charge in [0.1, 0.15) is 5.82 Å². The van der Waals surface area contributed by atoms with Crippen LogP contribution in [0.1, 0.15) is 38.7 Å². The topological polar surface area (TPSA) is 46.3 Å². The van der Waals surface area contributed by atoms with E-state index in [0.717, 1.165) is 19.3 Å². The van der Waals surface area contributed by atoms with Gasteiger partial charge in [0, 0.05) is 36.1 Å². The molecule has 0 spiro atoms. The first-order valence-corrected chi connectivity index (χ1v) is 7.64. The van der Waals surface area contributed by atoms with E-state index in [1.165, 1.54) is 11.0 Å². The summed E-state index contributed by atoms with van der Waals surface area (Å²) in [5.41, 5.74) is 6.06. The van der Waals surface area contributed by atoms with Crippen molar-refractivity contribution in [3.63, 3.8) is 0 Å². The molecule has 118 valence electrons. The van der Waals surface area contributed by atoms with Crippen molar-refractivity contribution in [2.24, 2.45) is 11.7 Å². The summed E-state index contributed by atoms with van der Waals surface area (Å²) in [7, 11) is 1.67. The minimum atomic E-state index is -0.383. The summed E-state index contributed by atoms with van der Waals surface area (Å²) in [6.07, 6.45) is 2.61. The van der Waals surface area contributed by atoms with Gasteiger partial charge in [0.2, 0.25) is 5.91 Å². The van der Waals surface area contributed by atoms with E-state index in [2.05, 4.69) is 0 Å². The van der Waals surface area contributed by atoms with E-state index in [1.807, 2.05) is 13.8 Å². The molecule has 1 aromatic carbocycles. The maximum absolute atomic E-state index is 13.7. The average molecular weight is 315 g/mol. The first-order chi connectivity index (χ1) is 9.82. The largest absolute Gasteiger partial charge is 0.341 e. The minimum absolute atomic E-state index is 0.000931. The summed E-state index contributed by atoms with van der Waals surface area (Å²) >= 11 is 5.98. The summed E-state index contributed by atoms with van der Waals surface area (Å²) in [5.74, 6) is -0.481. The first-order valence-electron chi connectivity index (χ1n) is 7.26. The van der Waals surface area contributed by atoms with E-state index in [1.54, 1.807) is 19.2 Å². The molecule has 1 aromatic rings. The smallest absolute Gasteiger partial charge is 0.225 e. The molecule has 21 heavy (non-hydrogen) atoms. The Kier molecular flexibility index (Phi) is 7.12. The molecule has 0 aliphatic carbocycles. The number of halogens is 2. The van der Waals surface area contributed by atoms with Gasteiger partial charge >= 0.3 is 0 Å². The van der Waals surface area contributed by atoms with Crippen molar-refractivity contribution in [3.05, 3.63) is 34.6 Å². The molecule has 1 rings (SSSR count). The number of rotatable bonds is 7. The van der Waals surface area contributed by atoms with Crippen molar-refractivity contribution < 1.29 is 9.18 Å². The molecule has 2 N–H and O–H groups in total.